The van der Waals surface area contributed by atoms with Crippen LogP contribution in [0, 0.1) is 5.82 Å². The minimum absolute atomic E-state index is 0.183. The molecule has 120 valence electrons. The molecule has 0 atom stereocenters. The van der Waals surface area contributed by atoms with Crippen molar-refractivity contribution in [1.82, 2.24) is 9.97 Å². The SMILES string of the molecule is Fc1ccc(N2CCN(c3cc(C4CCC4)ncn3)CC2)cc1. The van der Waals surface area contributed by atoms with E-state index in [-0.39, 0.29) is 5.82 Å². The summed E-state index contributed by atoms with van der Waals surface area (Å²) in [5.74, 6) is 1.50. The third kappa shape index (κ3) is 3.00. The van der Waals surface area contributed by atoms with E-state index in [1.807, 2.05) is 12.1 Å². The van der Waals surface area contributed by atoms with Crippen LogP contribution in [-0.4, -0.2) is 36.1 Å². The molecule has 1 saturated heterocycles. The van der Waals surface area contributed by atoms with Gasteiger partial charge in [0.15, 0.2) is 0 Å². The highest BCUT2D eigenvalue weighted by atomic mass is 19.1. The second kappa shape index (κ2) is 6.14. The molecule has 1 aromatic carbocycles. The van der Waals surface area contributed by atoms with Crippen molar-refractivity contribution < 1.29 is 4.39 Å². The number of benzene rings is 1. The summed E-state index contributed by atoms with van der Waals surface area (Å²) in [6.45, 7) is 3.71. The molecule has 0 N–H and O–H groups in total. The number of nitrogens with zero attached hydrogens (tertiary/aromatic N) is 4. The van der Waals surface area contributed by atoms with Crippen LogP contribution in [0.25, 0.3) is 0 Å². The van der Waals surface area contributed by atoms with E-state index in [0.717, 1.165) is 37.7 Å². The van der Waals surface area contributed by atoms with Crippen molar-refractivity contribution in [3.8, 4) is 0 Å². The molecule has 0 unspecified atom stereocenters. The summed E-state index contributed by atoms with van der Waals surface area (Å²) in [5, 5.41) is 0. The first-order valence-corrected chi connectivity index (χ1v) is 8.37. The predicted octanol–water partition coefficient (Wildman–Crippen LogP) is 3.21. The summed E-state index contributed by atoms with van der Waals surface area (Å²) >= 11 is 0. The molecule has 5 heteroatoms. The molecule has 2 aliphatic rings. The molecule has 0 spiro atoms. The van der Waals surface area contributed by atoms with Crippen molar-refractivity contribution in [1.29, 1.82) is 0 Å². The highest BCUT2D eigenvalue weighted by Crippen LogP contribution is 2.36. The highest BCUT2D eigenvalue weighted by Gasteiger charge is 2.23. The van der Waals surface area contributed by atoms with Gasteiger partial charge in [-0.2, -0.15) is 0 Å². The van der Waals surface area contributed by atoms with Crippen LogP contribution >= 0.6 is 0 Å². The van der Waals surface area contributed by atoms with Crippen molar-refractivity contribution in [2.45, 2.75) is 25.2 Å². The summed E-state index contributed by atoms with van der Waals surface area (Å²) in [5.41, 5.74) is 2.28. The Kier molecular flexibility index (Phi) is 3.85. The third-order valence-electron chi connectivity index (χ3n) is 4.99. The van der Waals surface area contributed by atoms with Gasteiger partial charge in [0.1, 0.15) is 18.0 Å². The fourth-order valence-electron chi connectivity index (χ4n) is 3.31. The Labute approximate surface area is 136 Å². The molecule has 2 heterocycles. The average molecular weight is 312 g/mol. The van der Waals surface area contributed by atoms with E-state index in [4.69, 9.17) is 0 Å². The maximum atomic E-state index is 13.0. The lowest BCUT2D eigenvalue weighted by atomic mass is 9.83. The van der Waals surface area contributed by atoms with Crippen LogP contribution in [0.4, 0.5) is 15.9 Å². The molecule has 4 rings (SSSR count). The van der Waals surface area contributed by atoms with E-state index < -0.39 is 0 Å². The Balaban J connectivity index is 1.42. The van der Waals surface area contributed by atoms with Gasteiger partial charge in [0, 0.05) is 49.5 Å². The van der Waals surface area contributed by atoms with Crippen LogP contribution in [-0.2, 0) is 0 Å². The van der Waals surface area contributed by atoms with Crippen molar-refractivity contribution >= 4 is 11.5 Å². The Morgan fingerprint density at radius 1 is 0.913 bits per heavy atom. The Morgan fingerprint density at radius 2 is 1.61 bits per heavy atom. The zero-order valence-electron chi connectivity index (χ0n) is 13.2. The highest BCUT2D eigenvalue weighted by molar-refractivity contribution is 5.49. The predicted molar refractivity (Wildman–Crippen MR) is 89.5 cm³/mol. The number of rotatable bonds is 3. The fraction of sp³-hybridized carbons (Fsp3) is 0.444. The normalized spacial score (nSPS) is 18.8. The zero-order chi connectivity index (χ0) is 15.6. The molecular weight excluding hydrogens is 291 g/mol. The molecule has 1 saturated carbocycles. The van der Waals surface area contributed by atoms with Crippen molar-refractivity contribution in [2.24, 2.45) is 0 Å². The lowest BCUT2D eigenvalue weighted by molar-refractivity contribution is 0.410. The number of aromatic nitrogens is 2. The topological polar surface area (TPSA) is 32.3 Å². The Morgan fingerprint density at radius 3 is 2.26 bits per heavy atom. The Bertz CT molecular complexity index is 661. The minimum atomic E-state index is -0.183. The first-order valence-electron chi connectivity index (χ1n) is 8.37. The van der Waals surface area contributed by atoms with Gasteiger partial charge >= 0.3 is 0 Å². The monoisotopic (exact) mass is 312 g/mol. The number of piperazine rings is 1. The zero-order valence-corrected chi connectivity index (χ0v) is 13.2. The van der Waals surface area contributed by atoms with E-state index in [2.05, 4.69) is 25.8 Å². The summed E-state index contributed by atoms with van der Waals surface area (Å²) < 4.78 is 13.0. The molecule has 1 aliphatic heterocycles. The molecular formula is C18H21FN4. The third-order valence-corrected chi connectivity index (χ3v) is 4.99. The molecule has 4 nitrogen and oxygen atoms in total. The van der Waals surface area contributed by atoms with Crippen LogP contribution in [0.2, 0.25) is 0 Å². The van der Waals surface area contributed by atoms with Gasteiger partial charge in [-0.1, -0.05) is 6.42 Å². The average Bonchev–Trinajstić information content (AvgIpc) is 2.55. The lowest BCUT2D eigenvalue weighted by Gasteiger charge is -2.37. The maximum Gasteiger partial charge on any atom is 0.132 e. The van der Waals surface area contributed by atoms with Gasteiger partial charge in [-0.05, 0) is 37.1 Å². The van der Waals surface area contributed by atoms with E-state index in [0.29, 0.717) is 5.92 Å². The van der Waals surface area contributed by atoms with Gasteiger partial charge in [0.25, 0.3) is 0 Å². The first kappa shape index (κ1) is 14.4. The fourth-order valence-corrected chi connectivity index (χ4v) is 3.31. The van der Waals surface area contributed by atoms with Gasteiger partial charge in [0.05, 0.1) is 0 Å². The molecule has 0 amide bonds. The molecule has 23 heavy (non-hydrogen) atoms. The van der Waals surface area contributed by atoms with E-state index in [1.165, 1.54) is 37.1 Å². The number of hydrogen-bond donors (Lipinski definition) is 0. The summed E-state index contributed by atoms with van der Waals surface area (Å²) in [6, 6.07) is 8.92. The summed E-state index contributed by atoms with van der Waals surface area (Å²) in [4.78, 5) is 13.5. The summed E-state index contributed by atoms with van der Waals surface area (Å²) in [6.07, 6.45) is 5.54. The molecule has 1 aromatic heterocycles. The van der Waals surface area contributed by atoms with Gasteiger partial charge in [0.2, 0.25) is 0 Å². The second-order valence-corrected chi connectivity index (χ2v) is 6.38. The lowest BCUT2D eigenvalue weighted by Crippen LogP contribution is -2.46. The second-order valence-electron chi connectivity index (χ2n) is 6.38. The van der Waals surface area contributed by atoms with Gasteiger partial charge in [-0.3, -0.25) is 0 Å². The Hall–Kier alpha value is -2.17. The van der Waals surface area contributed by atoms with Crippen LogP contribution < -0.4 is 9.80 Å². The van der Waals surface area contributed by atoms with Crippen LogP contribution in [0.5, 0.6) is 0 Å². The molecule has 1 aliphatic carbocycles. The largest absolute Gasteiger partial charge is 0.368 e. The number of hydrogen-bond acceptors (Lipinski definition) is 4. The van der Waals surface area contributed by atoms with E-state index in [1.54, 1.807) is 6.33 Å². The molecule has 0 bridgehead atoms. The van der Waals surface area contributed by atoms with Crippen molar-refractivity contribution in [3.05, 3.63) is 48.2 Å². The van der Waals surface area contributed by atoms with Crippen LogP contribution in [0.15, 0.2) is 36.7 Å². The standard InChI is InChI=1S/C18H21FN4/c19-15-4-6-16(7-5-15)22-8-10-23(11-9-22)18-12-17(20-13-21-18)14-2-1-3-14/h4-7,12-14H,1-3,8-11H2. The number of halogens is 1. The smallest absolute Gasteiger partial charge is 0.132 e. The van der Waals surface area contributed by atoms with E-state index in [9.17, 15) is 4.39 Å². The minimum Gasteiger partial charge on any atom is -0.368 e. The van der Waals surface area contributed by atoms with Crippen LogP contribution in [0.3, 0.4) is 0 Å². The van der Waals surface area contributed by atoms with Gasteiger partial charge in [-0.15, -0.1) is 0 Å². The van der Waals surface area contributed by atoms with Gasteiger partial charge in [-0.25, -0.2) is 14.4 Å². The number of anilines is 2. The molecule has 2 aromatic rings. The van der Waals surface area contributed by atoms with Crippen molar-refractivity contribution in [3.63, 3.8) is 0 Å². The quantitative estimate of drug-likeness (QED) is 0.871. The van der Waals surface area contributed by atoms with Crippen molar-refractivity contribution in [2.75, 3.05) is 36.0 Å². The molecule has 0 radical (unpaired) electrons. The maximum absolute atomic E-state index is 13.0. The first-order chi connectivity index (χ1) is 11.3. The molecule has 2 fully saturated rings. The van der Waals surface area contributed by atoms with Crippen LogP contribution in [0.1, 0.15) is 30.9 Å². The summed E-state index contributed by atoms with van der Waals surface area (Å²) in [7, 11) is 0. The van der Waals surface area contributed by atoms with E-state index >= 15 is 0 Å². The van der Waals surface area contributed by atoms with Gasteiger partial charge < -0.3 is 9.80 Å².